The molecule has 0 fully saturated rings. The van der Waals surface area contributed by atoms with Gasteiger partial charge in [0, 0.05) is 0 Å². The van der Waals surface area contributed by atoms with Gasteiger partial charge >= 0.3 is 0 Å². The van der Waals surface area contributed by atoms with Gasteiger partial charge in [-0.15, -0.1) is 0 Å². The summed E-state index contributed by atoms with van der Waals surface area (Å²) in [6.45, 7) is 4.37. The highest BCUT2D eigenvalue weighted by Crippen LogP contribution is 2.29. The van der Waals surface area contributed by atoms with Gasteiger partial charge in [-0.2, -0.15) is 0 Å². The van der Waals surface area contributed by atoms with Crippen LogP contribution >= 0.6 is 0 Å². The summed E-state index contributed by atoms with van der Waals surface area (Å²) in [5.41, 5.74) is 4.59. The number of allylic oxidation sites excluding steroid dienone is 4. The van der Waals surface area contributed by atoms with E-state index in [-0.39, 0.29) is 0 Å². The van der Waals surface area contributed by atoms with Gasteiger partial charge in [0.1, 0.15) is 0 Å². The fraction of sp³-hybridized carbons (Fsp3) is 0.500. The van der Waals surface area contributed by atoms with Crippen molar-refractivity contribution in [3.8, 4) is 0 Å². The Hall–Kier alpha value is -1.30. The first-order chi connectivity index (χ1) is 9.74. The van der Waals surface area contributed by atoms with Crippen LogP contribution in [0.15, 0.2) is 47.6 Å². The van der Waals surface area contributed by atoms with Gasteiger partial charge in [0.15, 0.2) is 0 Å². The molecular formula is C20H27. The molecule has 1 aliphatic rings. The van der Waals surface area contributed by atoms with E-state index in [1.165, 1.54) is 56.1 Å². The molecule has 0 aliphatic heterocycles. The van der Waals surface area contributed by atoms with Gasteiger partial charge in [0.25, 0.3) is 0 Å². The van der Waals surface area contributed by atoms with Gasteiger partial charge in [0.2, 0.25) is 0 Å². The third kappa shape index (κ3) is 5.36. The molecule has 0 saturated heterocycles. The van der Waals surface area contributed by atoms with Crippen molar-refractivity contribution in [1.82, 2.24) is 0 Å². The first kappa shape index (κ1) is 15.1. The summed E-state index contributed by atoms with van der Waals surface area (Å²) in [6.07, 6.45) is 13.9. The SMILES string of the molecule is CC(C)=CCCC1=CCC(CCc2cc[c]cc2)CC1. The molecule has 1 aromatic rings. The van der Waals surface area contributed by atoms with E-state index in [1.807, 2.05) is 12.1 Å². The predicted molar refractivity (Wildman–Crippen MR) is 87.7 cm³/mol. The van der Waals surface area contributed by atoms with Crippen molar-refractivity contribution in [3.63, 3.8) is 0 Å². The van der Waals surface area contributed by atoms with E-state index < -0.39 is 0 Å². The molecule has 1 unspecified atom stereocenters. The summed E-state index contributed by atoms with van der Waals surface area (Å²) in [5, 5.41) is 0. The molecule has 0 heteroatoms. The molecule has 0 nitrogen and oxygen atoms in total. The number of benzene rings is 1. The third-order valence-electron chi connectivity index (χ3n) is 4.26. The van der Waals surface area contributed by atoms with Crippen molar-refractivity contribution < 1.29 is 0 Å². The summed E-state index contributed by atoms with van der Waals surface area (Å²) >= 11 is 0. The van der Waals surface area contributed by atoms with Crippen LogP contribution in [0.5, 0.6) is 0 Å². The first-order valence-corrected chi connectivity index (χ1v) is 8.00. The fourth-order valence-corrected chi connectivity index (χ4v) is 2.94. The number of hydrogen-bond acceptors (Lipinski definition) is 0. The number of hydrogen-bond donors (Lipinski definition) is 0. The van der Waals surface area contributed by atoms with Crippen LogP contribution in [0.1, 0.15) is 57.9 Å². The molecule has 107 valence electrons. The maximum absolute atomic E-state index is 3.09. The predicted octanol–water partition coefficient (Wildman–Crippen LogP) is 5.89. The normalized spacial score (nSPS) is 18.5. The Morgan fingerprint density at radius 3 is 2.70 bits per heavy atom. The fourth-order valence-electron chi connectivity index (χ4n) is 2.94. The number of aryl methyl sites for hydroxylation is 1. The van der Waals surface area contributed by atoms with Crippen molar-refractivity contribution in [3.05, 3.63) is 59.2 Å². The van der Waals surface area contributed by atoms with Crippen LogP contribution in [-0.2, 0) is 6.42 Å². The minimum atomic E-state index is 0.895. The Bertz CT molecular complexity index is 446. The zero-order chi connectivity index (χ0) is 14.2. The topological polar surface area (TPSA) is 0 Å². The molecule has 1 aromatic carbocycles. The Morgan fingerprint density at radius 1 is 1.25 bits per heavy atom. The highest BCUT2D eigenvalue weighted by atomic mass is 14.2. The standard InChI is InChI=1S/C20H27/c1-17(2)7-6-10-19-12-15-20(16-13-19)14-11-18-8-4-3-5-9-18/h4-5,7-9,12,20H,6,10-11,13-16H2,1-2H3. The molecule has 0 amide bonds. The zero-order valence-electron chi connectivity index (χ0n) is 13.0. The highest BCUT2D eigenvalue weighted by Gasteiger charge is 2.13. The molecule has 20 heavy (non-hydrogen) atoms. The van der Waals surface area contributed by atoms with E-state index >= 15 is 0 Å². The average molecular weight is 267 g/mol. The lowest BCUT2D eigenvalue weighted by Crippen LogP contribution is -2.07. The summed E-state index contributed by atoms with van der Waals surface area (Å²) in [4.78, 5) is 0. The molecule has 0 spiro atoms. The summed E-state index contributed by atoms with van der Waals surface area (Å²) in [7, 11) is 0. The molecule has 1 atom stereocenters. The van der Waals surface area contributed by atoms with Crippen LogP contribution in [0, 0.1) is 12.0 Å². The Balaban J connectivity index is 1.70. The summed E-state index contributed by atoms with van der Waals surface area (Å²) < 4.78 is 0. The third-order valence-corrected chi connectivity index (χ3v) is 4.26. The van der Waals surface area contributed by atoms with Crippen LogP contribution in [0.3, 0.4) is 0 Å². The van der Waals surface area contributed by atoms with Crippen LogP contribution in [0.4, 0.5) is 0 Å². The molecule has 0 heterocycles. The lowest BCUT2D eigenvalue weighted by atomic mass is 9.84. The lowest BCUT2D eigenvalue weighted by molar-refractivity contribution is 0.433. The molecule has 0 saturated carbocycles. The maximum Gasteiger partial charge on any atom is -0.0184 e. The second-order valence-electron chi connectivity index (χ2n) is 6.27. The van der Waals surface area contributed by atoms with Crippen molar-refractivity contribution >= 4 is 0 Å². The molecule has 1 radical (unpaired) electrons. The van der Waals surface area contributed by atoms with Gasteiger partial charge in [-0.1, -0.05) is 47.6 Å². The van der Waals surface area contributed by atoms with Crippen LogP contribution in [0.2, 0.25) is 0 Å². The first-order valence-electron chi connectivity index (χ1n) is 8.00. The average Bonchev–Trinajstić information content (AvgIpc) is 2.47. The van der Waals surface area contributed by atoms with Crippen molar-refractivity contribution in [1.29, 1.82) is 0 Å². The van der Waals surface area contributed by atoms with E-state index in [1.54, 1.807) is 5.57 Å². The van der Waals surface area contributed by atoms with Gasteiger partial charge in [-0.3, -0.25) is 0 Å². The molecule has 0 aromatic heterocycles. The van der Waals surface area contributed by atoms with Crippen molar-refractivity contribution in [2.24, 2.45) is 5.92 Å². The van der Waals surface area contributed by atoms with Crippen molar-refractivity contribution in [2.45, 2.75) is 58.8 Å². The molecule has 1 aliphatic carbocycles. The highest BCUT2D eigenvalue weighted by molar-refractivity contribution is 5.14. The minimum Gasteiger partial charge on any atom is -0.0856 e. The largest absolute Gasteiger partial charge is 0.0856 e. The smallest absolute Gasteiger partial charge is 0.0184 e. The van der Waals surface area contributed by atoms with Crippen LogP contribution in [0.25, 0.3) is 0 Å². The van der Waals surface area contributed by atoms with E-state index in [2.05, 4.69) is 44.2 Å². The maximum atomic E-state index is 3.09. The van der Waals surface area contributed by atoms with Gasteiger partial charge in [0.05, 0.1) is 0 Å². The molecule has 0 bridgehead atoms. The monoisotopic (exact) mass is 267 g/mol. The summed E-state index contributed by atoms with van der Waals surface area (Å²) in [6, 6.07) is 11.5. The van der Waals surface area contributed by atoms with Gasteiger partial charge in [-0.05, 0) is 76.3 Å². The Kier molecular flexibility index (Phi) is 6.11. The second kappa shape index (κ2) is 8.09. The lowest BCUT2D eigenvalue weighted by Gasteiger charge is -2.21. The molecule has 2 rings (SSSR count). The van der Waals surface area contributed by atoms with E-state index in [0.717, 1.165) is 5.92 Å². The second-order valence-corrected chi connectivity index (χ2v) is 6.27. The Morgan fingerprint density at radius 2 is 2.05 bits per heavy atom. The van der Waals surface area contributed by atoms with Crippen LogP contribution < -0.4 is 0 Å². The van der Waals surface area contributed by atoms with E-state index in [9.17, 15) is 0 Å². The zero-order valence-corrected chi connectivity index (χ0v) is 13.0. The van der Waals surface area contributed by atoms with Crippen LogP contribution in [-0.4, -0.2) is 0 Å². The molecular weight excluding hydrogens is 240 g/mol. The molecule has 0 N–H and O–H groups in total. The number of rotatable bonds is 6. The van der Waals surface area contributed by atoms with Gasteiger partial charge in [-0.25, -0.2) is 0 Å². The van der Waals surface area contributed by atoms with E-state index in [0.29, 0.717) is 0 Å². The van der Waals surface area contributed by atoms with E-state index in [4.69, 9.17) is 0 Å². The van der Waals surface area contributed by atoms with Crippen molar-refractivity contribution in [2.75, 3.05) is 0 Å². The summed E-state index contributed by atoms with van der Waals surface area (Å²) in [5.74, 6) is 0.895. The Labute approximate surface area is 124 Å². The van der Waals surface area contributed by atoms with Gasteiger partial charge < -0.3 is 0 Å². The minimum absolute atomic E-state index is 0.895. The quantitative estimate of drug-likeness (QED) is 0.563.